The number of nitrogens with zero attached hydrogens (tertiary/aromatic N) is 1. The number of aryl methyl sites for hydroxylation is 1. The molecular formula is C15H21FN2O. The summed E-state index contributed by atoms with van der Waals surface area (Å²) in [6.45, 7) is 2.72. The summed E-state index contributed by atoms with van der Waals surface area (Å²) in [5, 5.41) is 0. The van der Waals surface area contributed by atoms with Gasteiger partial charge in [-0.2, -0.15) is 0 Å². The summed E-state index contributed by atoms with van der Waals surface area (Å²) in [7, 11) is 0. The average Bonchev–Trinajstić information content (AvgIpc) is 2.89. The monoisotopic (exact) mass is 264 g/mol. The molecule has 3 nitrogen and oxygen atoms in total. The number of benzene rings is 1. The molecular weight excluding hydrogens is 243 g/mol. The molecule has 1 aliphatic carbocycles. The van der Waals surface area contributed by atoms with Gasteiger partial charge < -0.3 is 10.6 Å². The molecule has 104 valence electrons. The predicted octanol–water partition coefficient (Wildman–Crippen LogP) is 2.48. The number of carbonyl (C=O) groups excluding carboxylic acids is 1. The first-order valence-electron chi connectivity index (χ1n) is 6.90. The van der Waals surface area contributed by atoms with E-state index in [9.17, 15) is 9.18 Å². The maximum absolute atomic E-state index is 13.9. The SMILES string of the molecule is Cc1ccc(C(=O)N(CCN)C2CCCC2)c(F)c1. The molecule has 2 N–H and O–H groups in total. The Morgan fingerprint density at radius 3 is 2.68 bits per heavy atom. The molecule has 19 heavy (non-hydrogen) atoms. The molecule has 1 aromatic rings. The Hall–Kier alpha value is -1.42. The second kappa shape index (κ2) is 6.15. The highest BCUT2D eigenvalue weighted by atomic mass is 19.1. The van der Waals surface area contributed by atoms with Crippen molar-refractivity contribution in [2.24, 2.45) is 5.73 Å². The molecule has 1 saturated carbocycles. The Bertz CT molecular complexity index is 455. The van der Waals surface area contributed by atoms with Crippen molar-refractivity contribution in [1.29, 1.82) is 0 Å². The zero-order chi connectivity index (χ0) is 13.8. The summed E-state index contributed by atoms with van der Waals surface area (Å²) in [5.74, 6) is -0.667. The van der Waals surface area contributed by atoms with E-state index < -0.39 is 5.82 Å². The lowest BCUT2D eigenvalue weighted by atomic mass is 10.1. The molecule has 1 fully saturated rings. The fraction of sp³-hybridized carbons (Fsp3) is 0.533. The maximum Gasteiger partial charge on any atom is 0.257 e. The van der Waals surface area contributed by atoms with Gasteiger partial charge in [0.2, 0.25) is 0 Å². The van der Waals surface area contributed by atoms with Gasteiger partial charge in [0.1, 0.15) is 5.82 Å². The van der Waals surface area contributed by atoms with Gasteiger partial charge in [-0.25, -0.2) is 4.39 Å². The van der Waals surface area contributed by atoms with Crippen LogP contribution in [-0.4, -0.2) is 29.9 Å². The third kappa shape index (κ3) is 3.13. The quantitative estimate of drug-likeness (QED) is 0.908. The third-order valence-electron chi connectivity index (χ3n) is 3.75. The number of nitrogens with two attached hydrogens (primary N) is 1. The minimum Gasteiger partial charge on any atom is -0.334 e. The fourth-order valence-electron chi connectivity index (χ4n) is 2.75. The van der Waals surface area contributed by atoms with Crippen LogP contribution in [0.1, 0.15) is 41.6 Å². The highest BCUT2D eigenvalue weighted by molar-refractivity contribution is 5.94. The molecule has 0 unspecified atom stereocenters. The van der Waals surface area contributed by atoms with Crippen LogP contribution in [0.4, 0.5) is 4.39 Å². The normalized spacial score (nSPS) is 15.7. The molecule has 0 bridgehead atoms. The molecule has 0 spiro atoms. The molecule has 4 heteroatoms. The van der Waals surface area contributed by atoms with Crippen molar-refractivity contribution < 1.29 is 9.18 Å². The fourth-order valence-corrected chi connectivity index (χ4v) is 2.75. The standard InChI is InChI=1S/C15H21FN2O/c1-11-6-7-13(14(16)10-11)15(19)18(9-8-17)12-4-2-3-5-12/h6-7,10,12H,2-5,8-9,17H2,1H3. The number of halogens is 1. The second-order valence-corrected chi connectivity index (χ2v) is 5.21. The van der Waals surface area contributed by atoms with Crippen molar-refractivity contribution in [3.63, 3.8) is 0 Å². The van der Waals surface area contributed by atoms with Crippen LogP contribution in [0.3, 0.4) is 0 Å². The zero-order valence-corrected chi connectivity index (χ0v) is 11.4. The van der Waals surface area contributed by atoms with Crippen molar-refractivity contribution in [2.75, 3.05) is 13.1 Å². The van der Waals surface area contributed by atoms with Crippen LogP contribution in [0, 0.1) is 12.7 Å². The average molecular weight is 264 g/mol. The Morgan fingerprint density at radius 1 is 1.42 bits per heavy atom. The van der Waals surface area contributed by atoms with E-state index in [1.54, 1.807) is 17.0 Å². The summed E-state index contributed by atoms with van der Waals surface area (Å²) in [6.07, 6.45) is 4.27. The van der Waals surface area contributed by atoms with Gasteiger partial charge in [-0.3, -0.25) is 4.79 Å². The van der Waals surface area contributed by atoms with E-state index >= 15 is 0 Å². The van der Waals surface area contributed by atoms with E-state index in [-0.39, 0.29) is 17.5 Å². The van der Waals surface area contributed by atoms with Gasteiger partial charge in [-0.1, -0.05) is 18.9 Å². The molecule has 0 radical (unpaired) electrons. The third-order valence-corrected chi connectivity index (χ3v) is 3.75. The van der Waals surface area contributed by atoms with Crippen LogP contribution in [-0.2, 0) is 0 Å². The van der Waals surface area contributed by atoms with E-state index in [0.717, 1.165) is 31.2 Å². The van der Waals surface area contributed by atoms with E-state index in [4.69, 9.17) is 5.73 Å². The van der Waals surface area contributed by atoms with Gasteiger partial charge in [0.05, 0.1) is 5.56 Å². The smallest absolute Gasteiger partial charge is 0.257 e. The van der Waals surface area contributed by atoms with Crippen LogP contribution in [0.2, 0.25) is 0 Å². The Morgan fingerprint density at radius 2 is 2.11 bits per heavy atom. The number of hydrogen-bond donors (Lipinski definition) is 1. The van der Waals surface area contributed by atoms with Crippen LogP contribution in [0.5, 0.6) is 0 Å². The van der Waals surface area contributed by atoms with Crippen LogP contribution in [0.15, 0.2) is 18.2 Å². The molecule has 0 atom stereocenters. The number of rotatable bonds is 4. The largest absolute Gasteiger partial charge is 0.334 e. The lowest BCUT2D eigenvalue weighted by molar-refractivity contribution is 0.0683. The minimum absolute atomic E-state index is 0.158. The van der Waals surface area contributed by atoms with Gasteiger partial charge in [-0.15, -0.1) is 0 Å². The summed E-state index contributed by atoms with van der Waals surface area (Å²) < 4.78 is 13.9. The second-order valence-electron chi connectivity index (χ2n) is 5.21. The Kier molecular flexibility index (Phi) is 4.53. The van der Waals surface area contributed by atoms with E-state index in [0.29, 0.717) is 13.1 Å². The maximum atomic E-state index is 13.9. The minimum atomic E-state index is -0.440. The van der Waals surface area contributed by atoms with Gasteiger partial charge >= 0.3 is 0 Å². The summed E-state index contributed by atoms with van der Waals surface area (Å²) in [4.78, 5) is 14.2. The predicted molar refractivity (Wildman–Crippen MR) is 73.5 cm³/mol. The van der Waals surface area contributed by atoms with Crippen molar-refractivity contribution >= 4 is 5.91 Å². The molecule has 1 aliphatic rings. The number of amides is 1. The molecule has 2 rings (SSSR count). The van der Waals surface area contributed by atoms with E-state index in [1.807, 2.05) is 6.92 Å². The molecule has 0 saturated heterocycles. The van der Waals surface area contributed by atoms with Crippen molar-refractivity contribution in [3.8, 4) is 0 Å². The van der Waals surface area contributed by atoms with Crippen molar-refractivity contribution in [2.45, 2.75) is 38.6 Å². The molecule has 0 aromatic heterocycles. The van der Waals surface area contributed by atoms with Gasteiger partial charge in [0, 0.05) is 19.1 Å². The zero-order valence-electron chi connectivity index (χ0n) is 11.4. The van der Waals surface area contributed by atoms with Gasteiger partial charge in [-0.05, 0) is 37.5 Å². The number of carbonyl (C=O) groups is 1. The first kappa shape index (κ1) is 14.0. The van der Waals surface area contributed by atoms with Crippen LogP contribution >= 0.6 is 0 Å². The Labute approximate surface area is 113 Å². The molecule has 1 amide bonds. The number of hydrogen-bond acceptors (Lipinski definition) is 2. The highest BCUT2D eigenvalue weighted by Gasteiger charge is 2.28. The Balaban J connectivity index is 2.22. The van der Waals surface area contributed by atoms with E-state index in [1.165, 1.54) is 6.07 Å². The lowest BCUT2D eigenvalue weighted by Gasteiger charge is -2.28. The van der Waals surface area contributed by atoms with E-state index in [2.05, 4.69) is 0 Å². The molecule has 1 aromatic carbocycles. The van der Waals surface area contributed by atoms with Gasteiger partial charge in [0.25, 0.3) is 5.91 Å². The first-order chi connectivity index (χ1) is 9.13. The lowest BCUT2D eigenvalue weighted by Crippen LogP contribution is -2.42. The summed E-state index contributed by atoms with van der Waals surface area (Å²) >= 11 is 0. The topological polar surface area (TPSA) is 46.3 Å². The van der Waals surface area contributed by atoms with Crippen molar-refractivity contribution in [1.82, 2.24) is 4.90 Å². The van der Waals surface area contributed by atoms with Crippen LogP contribution < -0.4 is 5.73 Å². The summed E-state index contributed by atoms with van der Waals surface area (Å²) in [6, 6.07) is 4.97. The molecule has 0 heterocycles. The van der Waals surface area contributed by atoms with Gasteiger partial charge in [0.15, 0.2) is 0 Å². The summed E-state index contributed by atoms with van der Waals surface area (Å²) in [5.41, 5.74) is 6.57. The van der Waals surface area contributed by atoms with Crippen LogP contribution in [0.25, 0.3) is 0 Å². The highest BCUT2D eigenvalue weighted by Crippen LogP contribution is 2.25. The van der Waals surface area contributed by atoms with Crippen molar-refractivity contribution in [3.05, 3.63) is 35.1 Å². The first-order valence-corrected chi connectivity index (χ1v) is 6.90. The molecule has 0 aliphatic heterocycles.